The summed E-state index contributed by atoms with van der Waals surface area (Å²) in [5, 5.41) is 9.25. The van der Waals surface area contributed by atoms with Gasteiger partial charge in [0.15, 0.2) is 5.78 Å². The van der Waals surface area contributed by atoms with Crippen molar-refractivity contribution < 1.29 is 9.90 Å². The predicted molar refractivity (Wildman–Crippen MR) is 74.3 cm³/mol. The number of nitrogens with zero attached hydrogens (tertiary/aromatic N) is 1. The van der Waals surface area contributed by atoms with Crippen LogP contribution in [-0.2, 0) is 0 Å². The fourth-order valence-corrected chi connectivity index (χ4v) is 3.61. The molecule has 3 nitrogen and oxygen atoms in total. The highest BCUT2D eigenvalue weighted by atomic mass is 16.3. The van der Waals surface area contributed by atoms with E-state index >= 15 is 0 Å². The number of rotatable bonds is 3. The summed E-state index contributed by atoms with van der Waals surface area (Å²) in [7, 11) is 0. The Morgan fingerprint density at radius 3 is 2.42 bits per heavy atom. The molecule has 0 aromatic heterocycles. The summed E-state index contributed by atoms with van der Waals surface area (Å²) in [4.78, 5) is 14.5. The minimum absolute atomic E-state index is 0.167. The van der Waals surface area contributed by atoms with Gasteiger partial charge < -0.3 is 5.11 Å². The molecule has 2 unspecified atom stereocenters. The van der Waals surface area contributed by atoms with Gasteiger partial charge in [0.25, 0.3) is 0 Å². The summed E-state index contributed by atoms with van der Waals surface area (Å²) in [6.45, 7) is 2.69. The fourth-order valence-electron chi connectivity index (χ4n) is 3.61. The molecular weight excluding hydrogens is 238 g/mol. The van der Waals surface area contributed by atoms with Crippen molar-refractivity contribution in [3.05, 3.63) is 29.8 Å². The lowest BCUT2D eigenvalue weighted by Crippen LogP contribution is -2.44. The molecule has 1 aromatic rings. The number of carbonyl (C=O) groups is 1. The Morgan fingerprint density at radius 2 is 1.79 bits per heavy atom. The van der Waals surface area contributed by atoms with E-state index in [2.05, 4.69) is 4.90 Å². The number of Topliss-reactive ketones (excluding diaryl/α,β-unsaturated/α-hetero) is 1. The highest BCUT2D eigenvalue weighted by Gasteiger charge is 2.31. The van der Waals surface area contributed by atoms with Crippen LogP contribution in [0.15, 0.2) is 24.3 Å². The molecular formula is C16H21NO2. The normalized spacial score (nSPS) is 27.2. The zero-order chi connectivity index (χ0) is 13.2. The molecule has 2 aliphatic rings. The van der Waals surface area contributed by atoms with Crippen molar-refractivity contribution >= 4 is 5.78 Å². The van der Waals surface area contributed by atoms with Crippen LogP contribution in [0.1, 0.15) is 36.0 Å². The molecule has 0 radical (unpaired) electrons. The van der Waals surface area contributed by atoms with E-state index in [0.717, 1.165) is 24.9 Å². The molecule has 3 rings (SSSR count). The van der Waals surface area contributed by atoms with E-state index in [1.165, 1.54) is 25.7 Å². The molecule has 1 aliphatic heterocycles. The average Bonchev–Trinajstić information content (AvgIpc) is 2.39. The van der Waals surface area contributed by atoms with Gasteiger partial charge in [-0.15, -0.1) is 0 Å². The zero-order valence-corrected chi connectivity index (χ0v) is 11.2. The maximum absolute atomic E-state index is 12.2. The third kappa shape index (κ3) is 2.98. The summed E-state index contributed by atoms with van der Waals surface area (Å²) >= 11 is 0. The second-order valence-electron chi connectivity index (χ2n) is 6.06. The lowest BCUT2D eigenvalue weighted by atomic mass is 9.78. The molecule has 1 aliphatic carbocycles. The standard InChI is InChI=1S/C16H21NO2/c18-15-6-4-14(5-7-15)16(19)11-17-9-12-2-1-3-13(8-12)10-17/h4-7,12-13,18H,1-3,8-11H2. The summed E-state index contributed by atoms with van der Waals surface area (Å²) in [5.41, 5.74) is 0.702. The van der Waals surface area contributed by atoms with Gasteiger partial charge >= 0.3 is 0 Å². The molecule has 2 fully saturated rings. The molecule has 2 bridgehead atoms. The van der Waals surface area contributed by atoms with Crippen molar-refractivity contribution in [1.82, 2.24) is 4.90 Å². The quantitative estimate of drug-likeness (QED) is 0.848. The Hall–Kier alpha value is -1.35. The molecule has 1 N–H and O–H groups in total. The number of ketones is 1. The van der Waals surface area contributed by atoms with E-state index in [1.807, 2.05) is 0 Å². The Kier molecular flexibility index (Phi) is 3.56. The summed E-state index contributed by atoms with van der Waals surface area (Å²) < 4.78 is 0. The lowest BCUT2D eigenvalue weighted by Gasteiger charge is -2.41. The third-order valence-corrected chi connectivity index (χ3v) is 4.48. The van der Waals surface area contributed by atoms with Crippen LogP contribution in [0.4, 0.5) is 0 Å². The first-order valence-corrected chi connectivity index (χ1v) is 7.25. The van der Waals surface area contributed by atoms with Crippen molar-refractivity contribution in [3.63, 3.8) is 0 Å². The number of fused-ring (bicyclic) bond motifs is 2. The van der Waals surface area contributed by atoms with Gasteiger partial charge in [-0.3, -0.25) is 9.69 Å². The smallest absolute Gasteiger partial charge is 0.176 e. The second-order valence-corrected chi connectivity index (χ2v) is 6.06. The molecule has 1 saturated heterocycles. The van der Waals surface area contributed by atoms with Gasteiger partial charge in [0.1, 0.15) is 5.75 Å². The summed E-state index contributed by atoms with van der Waals surface area (Å²) in [5.74, 6) is 1.99. The molecule has 102 valence electrons. The van der Waals surface area contributed by atoms with Gasteiger partial charge in [-0.25, -0.2) is 0 Å². The van der Waals surface area contributed by atoms with Crippen molar-refractivity contribution in [2.24, 2.45) is 11.8 Å². The zero-order valence-electron chi connectivity index (χ0n) is 11.2. The van der Waals surface area contributed by atoms with Gasteiger partial charge in [0.05, 0.1) is 6.54 Å². The van der Waals surface area contributed by atoms with Crippen LogP contribution in [0.25, 0.3) is 0 Å². The van der Waals surface area contributed by atoms with Crippen molar-refractivity contribution in [3.8, 4) is 5.75 Å². The van der Waals surface area contributed by atoms with Crippen LogP contribution in [-0.4, -0.2) is 35.4 Å². The SMILES string of the molecule is O=C(CN1CC2CCCC(C2)C1)c1ccc(O)cc1. The van der Waals surface area contributed by atoms with Crippen molar-refractivity contribution in [2.75, 3.05) is 19.6 Å². The molecule has 0 amide bonds. The van der Waals surface area contributed by atoms with E-state index in [0.29, 0.717) is 12.1 Å². The topological polar surface area (TPSA) is 40.5 Å². The summed E-state index contributed by atoms with van der Waals surface area (Å²) in [6, 6.07) is 6.58. The van der Waals surface area contributed by atoms with Crippen molar-refractivity contribution in [2.45, 2.75) is 25.7 Å². The monoisotopic (exact) mass is 259 g/mol. The molecule has 0 spiro atoms. The van der Waals surface area contributed by atoms with Gasteiger partial charge in [0.2, 0.25) is 0 Å². The molecule has 19 heavy (non-hydrogen) atoms. The number of phenolic OH excluding ortho intramolecular Hbond substituents is 1. The fraction of sp³-hybridized carbons (Fsp3) is 0.562. The number of benzene rings is 1. The maximum atomic E-state index is 12.2. The van der Waals surface area contributed by atoms with Gasteiger partial charge in [-0.05, 0) is 55.4 Å². The van der Waals surface area contributed by atoms with E-state index in [4.69, 9.17) is 0 Å². The Labute approximate surface area is 114 Å². The van der Waals surface area contributed by atoms with Crippen LogP contribution in [0.3, 0.4) is 0 Å². The van der Waals surface area contributed by atoms with Crippen LogP contribution < -0.4 is 0 Å². The lowest BCUT2D eigenvalue weighted by molar-refractivity contribution is 0.0702. The van der Waals surface area contributed by atoms with Crippen LogP contribution in [0.5, 0.6) is 5.75 Å². The minimum atomic E-state index is 0.167. The largest absolute Gasteiger partial charge is 0.508 e. The first-order chi connectivity index (χ1) is 9.20. The van der Waals surface area contributed by atoms with E-state index < -0.39 is 0 Å². The van der Waals surface area contributed by atoms with Gasteiger partial charge in [-0.1, -0.05) is 6.42 Å². The molecule has 2 atom stereocenters. The van der Waals surface area contributed by atoms with Gasteiger partial charge in [-0.2, -0.15) is 0 Å². The van der Waals surface area contributed by atoms with Gasteiger partial charge in [0, 0.05) is 18.7 Å². The Morgan fingerprint density at radius 1 is 1.16 bits per heavy atom. The number of hydrogen-bond acceptors (Lipinski definition) is 3. The third-order valence-electron chi connectivity index (χ3n) is 4.48. The number of phenols is 1. The summed E-state index contributed by atoms with van der Waals surface area (Å²) in [6.07, 6.45) is 5.40. The van der Waals surface area contributed by atoms with E-state index in [9.17, 15) is 9.90 Å². The van der Waals surface area contributed by atoms with E-state index in [1.54, 1.807) is 24.3 Å². The Balaban J connectivity index is 1.61. The molecule has 1 saturated carbocycles. The second kappa shape index (κ2) is 5.33. The molecule has 1 heterocycles. The first kappa shape index (κ1) is 12.7. The number of likely N-dealkylation sites (tertiary alicyclic amines) is 1. The first-order valence-electron chi connectivity index (χ1n) is 7.25. The maximum Gasteiger partial charge on any atom is 0.176 e. The number of aromatic hydroxyl groups is 1. The number of piperidine rings is 1. The number of hydrogen-bond donors (Lipinski definition) is 1. The van der Waals surface area contributed by atoms with Crippen LogP contribution in [0.2, 0.25) is 0 Å². The highest BCUT2D eigenvalue weighted by Crippen LogP contribution is 2.34. The number of carbonyl (C=O) groups excluding carboxylic acids is 1. The molecule has 1 aromatic carbocycles. The average molecular weight is 259 g/mol. The predicted octanol–water partition coefficient (Wildman–Crippen LogP) is 2.70. The van der Waals surface area contributed by atoms with Crippen LogP contribution in [0, 0.1) is 11.8 Å². The highest BCUT2D eigenvalue weighted by molar-refractivity contribution is 5.97. The Bertz CT molecular complexity index is 442. The van der Waals surface area contributed by atoms with Crippen LogP contribution >= 0.6 is 0 Å². The van der Waals surface area contributed by atoms with E-state index in [-0.39, 0.29) is 11.5 Å². The minimum Gasteiger partial charge on any atom is -0.508 e. The van der Waals surface area contributed by atoms with Crippen molar-refractivity contribution in [1.29, 1.82) is 0 Å². The molecule has 3 heteroatoms.